The van der Waals surface area contributed by atoms with Gasteiger partial charge < -0.3 is 0 Å². The van der Waals surface area contributed by atoms with Gasteiger partial charge in [0.05, 0.1) is 0 Å². The predicted octanol–water partition coefficient (Wildman–Crippen LogP) is 2.26. The maximum Gasteiger partial charge on any atom is 0.149 e. The quantitative estimate of drug-likeness (QED) is 0.805. The molecule has 0 radical (unpaired) electrons. The molecule has 0 aliphatic carbocycles. The van der Waals surface area contributed by atoms with E-state index < -0.39 is 0 Å². The summed E-state index contributed by atoms with van der Waals surface area (Å²) in [7, 11) is 0. The van der Waals surface area contributed by atoms with Crippen molar-refractivity contribution in [2.45, 2.75) is 6.92 Å². The summed E-state index contributed by atoms with van der Waals surface area (Å²) in [6, 6.07) is 0. The van der Waals surface area contributed by atoms with Crippen molar-refractivity contribution in [2.24, 2.45) is 0 Å². The molecule has 2 rings (SSSR count). The summed E-state index contributed by atoms with van der Waals surface area (Å²) in [5, 5.41) is 9.64. The second-order valence-corrected chi connectivity index (χ2v) is 4.18. The van der Waals surface area contributed by atoms with E-state index in [4.69, 9.17) is 11.6 Å². The van der Waals surface area contributed by atoms with E-state index in [0.717, 1.165) is 21.2 Å². The van der Waals surface area contributed by atoms with Crippen molar-refractivity contribution in [1.82, 2.24) is 20.2 Å². The SMILES string of the molecule is Cc1nnc(/C(=C/Cl)c2cncnc2)s1. The average molecular weight is 239 g/mol. The van der Waals surface area contributed by atoms with Gasteiger partial charge in [0.15, 0.2) is 0 Å². The Morgan fingerprint density at radius 3 is 2.60 bits per heavy atom. The molecule has 6 heteroatoms. The van der Waals surface area contributed by atoms with Gasteiger partial charge >= 0.3 is 0 Å². The number of hydrogen-bond donors (Lipinski definition) is 0. The molecule has 0 aliphatic heterocycles. The summed E-state index contributed by atoms with van der Waals surface area (Å²) in [4.78, 5) is 7.86. The maximum absolute atomic E-state index is 5.77. The minimum atomic E-state index is 0.775. The summed E-state index contributed by atoms with van der Waals surface area (Å²) >= 11 is 7.25. The molecule has 0 N–H and O–H groups in total. The van der Waals surface area contributed by atoms with Gasteiger partial charge in [0.1, 0.15) is 16.3 Å². The number of hydrogen-bond acceptors (Lipinski definition) is 5. The summed E-state index contributed by atoms with van der Waals surface area (Å²) < 4.78 is 0. The van der Waals surface area contributed by atoms with E-state index in [1.54, 1.807) is 12.4 Å². The highest BCUT2D eigenvalue weighted by molar-refractivity contribution is 7.12. The van der Waals surface area contributed by atoms with Crippen LogP contribution >= 0.6 is 22.9 Å². The molecule has 0 atom stereocenters. The Balaban J connectivity index is 2.43. The van der Waals surface area contributed by atoms with Crippen LogP contribution in [0.3, 0.4) is 0 Å². The predicted molar refractivity (Wildman–Crippen MR) is 59.6 cm³/mol. The van der Waals surface area contributed by atoms with Crippen LogP contribution in [0, 0.1) is 6.92 Å². The molecule has 76 valence electrons. The van der Waals surface area contributed by atoms with E-state index >= 15 is 0 Å². The lowest BCUT2D eigenvalue weighted by atomic mass is 10.2. The normalized spacial score (nSPS) is 11.7. The van der Waals surface area contributed by atoms with Crippen molar-refractivity contribution in [3.8, 4) is 0 Å². The first-order valence-electron chi connectivity index (χ1n) is 4.17. The Hall–Kier alpha value is -1.33. The Bertz CT molecular complexity index is 480. The standard InChI is InChI=1S/C9H7ClN4S/c1-6-13-14-9(15-6)8(2-10)7-3-11-5-12-4-7/h2-5H,1H3/b8-2+. The first-order valence-corrected chi connectivity index (χ1v) is 5.43. The molecule has 0 aliphatic rings. The lowest BCUT2D eigenvalue weighted by molar-refractivity contribution is 1.03. The molecule has 0 bridgehead atoms. The number of nitrogens with zero attached hydrogens (tertiary/aromatic N) is 4. The molecule has 0 unspecified atom stereocenters. The molecule has 2 aromatic heterocycles. The molecule has 2 aromatic rings. The minimum absolute atomic E-state index is 0.775. The largest absolute Gasteiger partial charge is 0.244 e. The van der Waals surface area contributed by atoms with Crippen LogP contribution < -0.4 is 0 Å². The molecule has 4 nitrogen and oxygen atoms in total. The molecule has 0 fully saturated rings. The van der Waals surface area contributed by atoms with Gasteiger partial charge in [-0.15, -0.1) is 10.2 Å². The van der Waals surface area contributed by atoms with Gasteiger partial charge in [-0.2, -0.15) is 0 Å². The van der Waals surface area contributed by atoms with Crippen LogP contribution in [0.15, 0.2) is 24.3 Å². The third-order valence-corrected chi connectivity index (χ3v) is 2.83. The molecule has 0 saturated heterocycles. The van der Waals surface area contributed by atoms with Gasteiger partial charge in [-0.25, -0.2) is 9.97 Å². The number of halogens is 1. The van der Waals surface area contributed by atoms with Crippen LogP contribution in [0.4, 0.5) is 0 Å². The third-order valence-electron chi connectivity index (χ3n) is 1.74. The first-order chi connectivity index (χ1) is 7.31. The van der Waals surface area contributed by atoms with Crippen molar-refractivity contribution in [3.05, 3.63) is 39.8 Å². The maximum atomic E-state index is 5.77. The molecule has 0 amide bonds. The fraction of sp³-hybridized carbons (Fsp3) is 0.111. The zero-order valence-corrected chi connectivity index (χ0v) is 9.46. The second kappa shape index (κ2) is 4.46. The van der Waals surface area contributed by atoms with E-state index in [-0.39, 0.29) is 0 Å². The molecular weight excluding hydrogens is 232 g/mol. The summed E-state index contributed by atoms with van der Waals surface area (Å²) in [6.07, 6.45) is 4.86. The number of rotatable bonds is 2. The van der Waals surface area contributed by atoms with Crippen molar-refractivity contribution in [1.29, 1.82) is 0 Å². The molecule has 0 aromatic carbocycles. The highest BCUT2D eigenvalue weighted by Crippen LogP contribution is 2.25. The lowest BCUT2D eigenvalue weighted by Gasteiger charge is -1.99. The molecule has 0 saturated carbocycles. The van der Waals surface area contributed by atoms with Crippen LogP contribution in [0.2, 0.25) is 0 Å². The summed E-state index contributed by atoms with van der Waals surface area (Å²) in [5.74, 6) is 0. The fourth-order valence-electron chi connectivity index (χ4n) is 1.08. The van der Waals surface area contributed by atoms with Gasteiger partial charge in [0, 0.05) is 29.1 Å². The second-order valence-electron chi connectivity index (χ2n) is 2.78. The molecular formula is C9H7ClN4S. The van der Waals surface area contributed by atoms with Crippen molar-refractivity contribution in [3.63, 3.8) is 0 Å². The third kappa shape index (κ3) is 2.19. The average Bonchev–Trinajstić information content (AvgIpc) is 2.68. The zero-order chi connectivity index (χ0) is 10.7. The Morgan fingerprint density at radius 1 is 1.33 bits per heavy atom. The smallest absolute Gasteiger partial charge is 0.149 e. The van der Waals surface area contributed by atoms with Crippen LogP contribution in [0.25, 0.3) is 5.57 Å². The van der Waals surface area contributed by atoms with Crippen molar-refractivity contribution < 1.29 is 0 Å². The molecule has 2 heterocycles. The van der Waals surface area contributed by atoms with Gasteiger partial charge in [-0.1, -0.05) is 22.9 Å². The summed E-state index contributed by atoms with van der Waals surface area (Å²) in [6.45, 7) is 1.90. The van der Waals surface area contributed by atoms with Crippen LogP contribution in [0.5, 0.6) is 0 Å². The van der Waals surface area contributed by atoms with E-state index in [9.17, 15) is 0 Å². The Labute approximate surface area is 95.7 Å². The Morgan fingerprint density at radius 2 is 2.07 bits per heavy atom. The van der Waals surface area contributed by atoms with E-state index in [2.05, 4.69) is 20.2 Å². The fourth-order valence-corrected chi connectivity index (χ4v) is 2.10. The first kappa shape index (κ1) is 10.2. The minimum Gasteiger partial charge on any atom is -0.244 e. The van der Waals surface area contributed by atoms with E-state index in [0.29, 0.717) is 0 Å². The molecule has 15 heavy (non-hydrogen) atoms. The number of aromatic nitrogens is 4. The zero-order valence-electron chi connectivity index (χ0n) is 7.88. The van der Waals surface area contributed by atoms with E-state index in [1.165, 1.54) is 23.2 Å². The summed E-state index contributed by atoms with van der Waals surface area (Å²) in [5.41, 5.74) is 3.10. The lowest BCUT2D eigenvalue weighted by Crippen LogP contribution is -1.89. The van der Waals surface area contributed by atoms with Gasteiger partial charge in [0.25, 0.3) is 0 Å². The topological polar surface area (TPSA) is 51.6 Å². The highest BCUT2D eigenvalue weighted by atomic mass is 35.5. The molecule has 0 spiro atoms. The van der Waals surface area contributed by atoms with Crippen LogP contribution in [0.1, 0.15) is 15.6 Å². The van der Waals surface area contributed by atoms with E-state index in [1.807, 2.05) is 6.92 Å². The van der Waals surface area contributed by atoms with Crippen LogP contribution in [-0.4, -0.2) is 20.2 Å². The van der Waals surface area contributed by atoms with Gasteiger partial charge in [0.2, 0.25) is 0 Å². The van der Waals surface area contributed by atoms with Crippen LogP contribution in [-0.2, 0) is 0 Å². The number of aryl methyl sites for hydroxylation is 1. The van der Waals surface area contributed by atoms with Gasteiger partial charge in [-0.3, -0.25) is 0 Å². The Kier molecular flexibility index (Phi) is 3.03. The monoisotopic (exact) mass is 238 g/mol. The highest BCUT2D eigenvalue weighted by Gasteiger charge is 2.09. The van der Waals surface area contributed by atoms with Crippen molar-refractivity contribution >= 4 is 28.5 Å². The van der Waals surface area contributed by atoms with Crippen molar-refractivity contribution in [2.75, 3.05) is 0 Å². The van der Waals surface area contributed by atoms with Gasteiger partial charge in [-0.05, 0) is 6.92 Å².